The molecule has 0 atom stereocenters. The van der Waals surface area contributed by atoms with Gasteiger partial charge in [0.2, 0.25) is 5.95 Å². The minimum absolute atomic E-state index is 0.423. The van der Waals surface area contributed by atoms with Gasteiger partial charge in [-0.05, 0) is 12.1 Å². The van der Waals surface area contributed by atoms with Gasteiger partial charge in [0, 0.05) is 12.6 Å². The average Bonchev–Trinajstić information content (AvgIpc) is 2.53. The molecule has 0 amide bonds. The van der Waals surface area contributed by atoms with Crippen molar-refractivity contribution in [3.05, 3.63) is 37.1 Å². The maximum atomic E-state index is 5.32. The second kappa shape index (κ2) is 7.09. The molecule has 1 aromatic heterocycles. The van der Waals surface area contributed by atoms with Crippen LogP contribution in [0.5, 0.6) is 11.5 Å². The smallest absolute Gasteiger partial charge is 0.244 e. The summed E-state index contributed by atoms with van der Waals surface area (Å²) in [5.74, 6) is 2.34. The molecule has 1 aromatic carbocycles. The van der Waals surface area contributed by atoms with Crippen molar-refractivity contribution < 1.29 is 9.47 Å². The van der Waals surface area contributed by atoms with Gasteiger partial charge >= 0.3 is 0 Å². The van der Waals surface area contributed by atoms with Gasteiger partial charge in [0.25, 0.3) is 0 Å². The SMILES string of the molecule is C=CCNc1nncc(Nc2ccc(OC)cc2OC)n1. The average molecular weight is 287 g/mol. The van der Waals surface area contributed by atoms with Crippen LogP contribution in [0.4, 0.5) is 17.5 Å². The van der Waals surface area contributed by atoms with Crippen molar-refractivity contribution in [1.82, 2.24) is 15.2 Å². The van der Waals surface area contributed by atoms with Gasteiger partial charge in [0.15, 0.2) is 5.82 Å². The summed E-state index contributed by atoms with van der Waals surface area (Å²) in [7, 11) is 3.20. The summed E-state index contributed by atoms with van der Waals surface area (Å²) in [6.07, 6.45) is 3.25. The molecular weight excluding hydrogens is 270 g/mol. The minimum atomic E-state index is 0.423. The third-order valence-electron chi connectivity index (χ3n) is 2.63. The predicted molar refractivity (Wildman–Crippen MR) is 81.3 cm³/mol. The van der Waals surface area contributed by atoms with Crippen molar-refractivity contribution in [3.8, 4) is 11.5 Å². The molecular formula is C14H17N5O2. The minimum Gasteiger partial charge on any atom is -0.497 e. The first-order chi connectivity index (χ1) is 10.3. The number of nitrogens with zero attached hydrogens (tertiary/aromatic N) is 3. The maximum absolute atomic E-state index is 5.32. The van der Waals surface area contributed by atoms with Gasteiger partial charge in [-0.25, -0.2) is 0 Å². The number of nitrogens with one attached hydrogen (secondary N) is 2. The molecule has 0 unspecified atom stereocenters. The van der Waals surface area contributed by atoms with Crippen LogP contribution in [0.25, 0.3) is 0 Å². The van der Waals surface area contributed by atoms with E-state index in [2.05, 4.69) is 32.4 Å². The molecule has 0 fully saturated rings. The maximum Gasteiger partial charge on any atom is 0.244 e. The Morgan fingerprint density at radius 3 is 2.86 bits per heavy atom. The van der Waals surface area contributed by atoms with Crippen LogP contribution in [0.3, 0.4) is 0 Å². The lowest BCUT2D eigenvalue weighted by Crippen LogP contribution is -2.06. The van der Waals surface area contributed by atoms with E-state index in [0.717, 1.165) is 5.69 Å². The Kier molecular flexibility index (Phi) is 4.92. The lowest BCUT2D eigenvalue weighted by Gasteiger charge is -2.12. The normalized spacial score (nSPS) is 9.81. The molecule has 0 saturated heterocycles. The molecule has 2 rings (SSSR count). The van der Waals surface area contributed by atoms with E-state index < -0.39 is 0 Å². The van der Waals surface area contributed by atoms with Gasteiger partial charge in [0.1, 0.15) is 11.5 Å². The van der Waals surface area contributed by atoms with Crippen molar-refractivity contribution in [3.63, 3.8) is 0 Å². The topological polar surface area (TPSA) is 81.2 Å². The fourth-order valence-corrected chi connectivity index (χ4v) is 1.64. The summed E-state index contributed by atoms with van der Waals surface area (Å²) in [6, 6.07) is 5.46. The van der Waals surface area contributed by atoms with E-state index in [1.807, 2.05) is 12.1 Å². The molecule has 110 valence electrons. The monoisotopic (exact) mass is 287 g/mol. The van der Waals surface area contributed by atoms with Crippen LogP contribution in [0.1, 0.15) is 0 Å². The highest BCUT2D eigenvalue weighted by molar-refractivity contribution is 5.65. The van der Waals surface area contributed by atoms with Crippen molar-refractivity contribution in [2.75, 3.05) is 31.4 Å². The Bertz CT molecular complexity index is 618. The Balaban J connectivity index is 2.19. The third-order valence-corrected chi connectivity index (χ3v) is 2.63. The number of benzene rings is 1. The molecule has 0 aliphatic carbocycles. The molecule has 0 radical (unpaired) electrons. The zero-order valence-corrected chi connectivity index (χ0v) is 12.0. The third kappa shape index (κ3) is 3.82. The van der Waals surface area contributed by atoms with Crippen LogP contribution in [-0.4, -0.2) is 35.9 Å². The first kappa shape index (κ1) is 14.6. The summed E-state index contributed by atoms with van der Waals surface area (Å²) < 4.78 is 10.5. The summed E-state index contributed by atoms with van der Waals surface area (Å²) in [5, 5.41) is 13.9. The number of ether oxygens (including phenoxy) is 2. The quantitative estimate of drug-likeness (QED) is 0.756. The number of methoxy groups -OCH3 is 2. The van der Waals surface area contributed by atoms with E-state index in [0.29, 0.717) is 29.8 Å². The summed E-state index contributed by atoms with van der Waals surface area (Å²) >= 11 is 0. The molecule has 0 aliphatic heterocycles. The Morgan fingerprint density at radius 2 is 2.14 bits per heavy atom. The number of hydrogen-bond donors (Lipinski definition) is 2. The molecule has 21 heavy (non-hydrogen) atoms. The zero-order valence-electron chi connectivity index (χ0n) is 12.0. The van der Waals surface area contributed by atoms with Crippen LogP contribution in [0.15, 0.2) is 37.1 Å². The zero-order chi connectivity index (χ0) is 15.1. The van der Waals surface area contributed by atoms with Crippen molar-refractivity contribution >= 4 is 17.5 Å². The molecule has 2 N–H and O–H groups in total. The van der Waals surface area contributed by atoms with E-state index in [-0.39, 0.29) is 0 Å². The second-order valence-corrected chi connectivity index (χ2v) is 4.03. The van der Waals surface area contributed by atoms with Crippen molar-refractivity contribution in [1.29, 1.82) is 0 Å². The van der Waals surface area contributed by atoms with Gasteiger partial charge < -0.3 is 20.1 Å². The van der Waals surface area contributed by atoms with Crippen LogP contribution >= 0.6 is 0 Å². The lowest BCUT2D eigenvalue weighted by molar-refractivity contribution is 0.395. The Hall–Kier alpha value is -2.83. The van der Waals surface area contributed by atoms with E-state index in [1.54, 1.807) is 26.4 Å². The highest BCUT2D eigenvalue weighted by Gasteiger charge is 2.07. The summed E-state index contributed by atoms with van der Waals surface area (Å²) in [5.41, 5.74) is 0.758. The highest BCUT2D eigenvalue weighted by atomic mass is 16.5. The van der Waals surface area contributed by atoms with E-state index >= 15 is 0 Å². The van der Waals surface area contributed by atoms with Crippen LogP contribution in [0, 0.1) is 0 Å². The predicted octanol–water partition coefficient (Wildman–Crippen LogP) is 2.23. The molecule has 0 bridgehead atoms. The van der Waals surface area contributed by atoms with Gasteiger partial charge in [-0.3, -0.25) is 0 Å². The molecule has 7 nitrogen and oxygen atoms in total. The number of aromatic nitrogens is 3. The van der Waals surface area contributed by atoms with Crippen molar-refractivity contribution in [2.24, 2.45) is 0 Å². The Morgan fingerprint density at radius 1 is 1.29 bits per heavy atom. The number of rotatable bonds is 7. The van der Waals surface area contributed by atoms with Crippen LogP contribution in [0.2, 0.25) is 0 Å². The largest absolute Gasteiger partial charge is 0.497 e. The highest BCUT2D eigenvalue weighted by Crippen LogP contribution is 2.30. The van der Waals surface area contributed by atoms with E-state index in [9.17, 15) is 0 Å². The Labute approximate surface area is 123 Å². The van der Waals surface area contributed by atoms with E-state index in [4.69, 9.17) is 9.47 Å². The summed E-state index contributed by atoms with van der Waals surface area (Å²) in [6.45, 7) is 4.19. The fourth-order valence-electron chi connectivity index (χ4n) is 1.64. The molecule has 1 heterocycles. The van der Waals surface area contributed by atoms with Crippen LogP contribution < -0.4 is 20.1 Å². The molecule has 2 aromatic rings. The molecule has 0 aliphatic rings. The first-order valence-electron chi connectivity index (χ1n) is 6.30. The number of anilines is 3. The number of hydrogen-bond acceptors (Lipinski definition) is 7. The van der Waals surface area contributed by atoms with Crippen LogP contribution in [-0.2, 0) is 0 Å². The molecule has 7 heteroatoms. The first-order valence-corrected chi connectivity index (χ1v) is 6.30. The lowest BCUT2D eigenvalue weighted by atomic mass is 10.2. The van der Waals surface area contributed by atoms with Gasteiger partial charge in [-0.2, -0.15) is 10.1 Å². The summed E-state index contributed by atoms with van der Waals surface area (Å²) in [4.78, 5) is 4.29. The standard InChI is InChI=1S/C14H17N5O2/c1-4-7-15-14-18-13(9-16-19-14)17-11-6-5-10(20-2)8-12(11)21-3/h4-6,8-9H,1,7H2,2-3H3,(H2,15,17,18,19). The van der Waals surface area contributed by atoms with Gasteiger partial charge in [0.05, 0.1) is 26.1 Å². The van der Waals surface area contributed by atoms with E-state index in [1.165, 1.54) is 6.20 Å². The molecule has 0 spiro atoms. The molecule has 0 saturated carbocycles. The van der Waals surface area contributed by atoms with Gasteiger partial charge in [-0.15, -0.1) is 11.7 Å². The van der Waals surface area contributed by atoms with Crippen molar-refractivity contribution in [2.45, 2.75) is 0 Å². The second-order valence-electron chi connectivity index (χ2n) is 4.03. The fraction of sp³-hybridized carbons (Fsp3) is 0.214. The van der Waals surface area contributed by atoms with Gasteiger partial charge in [-0.1, -0.05) is 6.08 Å².